The van der Waals surface area contributed by atoms with Gasteiger partial charge in [0.2, 0.25) is 0 Å². The molecule has 0 amide bonds. The fraction of sp³-hybridized carbons (Fsp3) is 0.733. The van der Waals surface area contributed by atoms with E-state index in [1.807, 2.05) is 12.1 Å². The van der Waals surface area contributed by atoms with Crippen LogP contribution in [0.4, 0.5) is 0 Å². The third kappa shape index (κ3) is 11.2. The molecule has 0 spiro atoms. The molecule has 1 saturated carbocycles. The van der Waals surface area contributed by atoms with Crippen molar-refractivity contribution in [3.63, 3.8) is 0 Å². The third-order valence-electron chi connectivity index (χ3n) is 7.06. The number of nitrogens with zero attached hydrogens (tertiary/aromatic N) is 2. The van der Waals surface area contributed by atoms with Crippen molar-refractivity contribution in [3.05, 3.63) is 23.5 Å². The Labute approximate surface area is 198 Å². The molecule has 0 saturated heterocycles. The van der Waals surface area contributed by atoms with Gasteiger partial charge in [0.1, 0.15) is 11.4 Å². The zero-order valence-electron chi connectivity index (χ0n) is 21.1. The Bertz CT molecular complexity index is 720. The summed E-state index contributed by atoms with van der Waals surface area (Å²) in [6.45, 7) is 6.88. The molecule has 2 rings (SSSR count). The average Bonchev–Trinajstić information content (AvgIpc) is 2.83. The quantitative estimate of drug-likeness (QED) is 0.244. The standard InChI is InChI=1S/C30H46N2/c1-4-7-10-14-26(6-3)15-12-9-13-17-29-24-25-30(32-31-29)23-22-28-20-18-27(19-21-28)16-11-8-5-2/h24-28H,4-12,14-16,18-21H2,1-3H3. The molecule has 1 aromatic rings. The van der Waals surface area contributed by atoms with Gasteiger partial charge in [-0.3, -0.25) is 0 Å². The summed E-state index contributed by atoms with van der Waals surface area (Å²) in [6.07, 6.45) is 20.9. The van der Waals surface area contributed by atoms with Gasteiger partial charge >= 0.3 is 0 Å². The van der Waals surface area contributed by atoms with E-state index in [0.717, 1.165) is 29.6 Å². The van der Waals surface area contributed by atoms with Crippen LogP contribution in [0.15, 0.2) is 12.1 Å². The second kappa shape index (κ2) is 16.8. The minimum Gasteiger partial charge on any atom is -0.141 e. The molecule has 1 fully saturated rings. The summed E-state index contributed by atoms with van der Waals surface area (Å²) in [6, 6.07) is 3.94. The first-order valence-electron chi connectivity index (χ1n) is 13.6. The minimum absolute atomic E-state index is 0.535. The van der Waals surface area contributed by atoms with Gasteiger partial charge in [-0.15, -0.1) is 10.2 Å². The SMILES string of the molecule is CCCCCC(CC)CCCC#Cc1ccc(C#CC2CCC(CCCCC)CC2)nn1. The molecule has 176 valence electrons. The van der Waals surface area contributed by atoms with Crippen LogP contribution in [0, 0.1) is 41.4 Å². The highest BCUT2D eigenvalue weighted by atomic mass is 15.1. The van der Waals surface area contributed by atoms with Crippen molar-refractivity contribution >= 4 is 0 Å². The van der Waals surface area contributed by atoms with Crippen molar-refractivity contribution in [3.8, 4) is 23.7 Å². The summed E-state index contributed by atoms with van der Waals surface area (Å²) in [5, 5.41) is 8.55. The van der Waals surface area contributed by atoms with Gasteiger partial charge in [-0.25, -0.2) is 0 Å². The van der Waals surface area contributed by atoms with E-state index in [9.17, 15) is 0 Å². The second-order valence-corrected chi connectivity index (χ2v) is 9.75. The molecule has 0 N–H and O–H groups in total. The molecule has 2 heteroatoms. The topological polar surface area (TPSA) is 25.8 Å². The van der Waals surface area contributed by atoms with E-state index in [0.29, 0.717) is 5.92 Å². The molecule has 0 aromatic carbocycles. The van der Waals surface area contributed by atoms with Crippen LogP contribution >= 0.6 is 0 Å². The van der Waals surface area contributed by atoms with Crippen LogP contribution in [-0.2, 0) is 0 Å². The van der Waals surface area contributed by atoms with E-state index < -0.39 is 0 Å². The van der Waals surface area contributed by atoms with Crippen LogP contribution in [0.3, 0.4) is 0 Å². The smallest absolute Gasteiger partial charge is 0.135 e. The first kappa shape index (κ1) is 26.5. The summed E-state index contributed by atoms with van der Waals surface area (Å²) < 4.78 is 0. The Morgan fingerprint density at radius 3 is 2.12 bits per heavy atom. The Balaban J connectivity index is 1.68. The molecule has 0 bridgehead atoms. The molecule has 0 radical (unpaired) electrons. The van der Waals surface area contributed by atoms with E-state index in [-0.39, 0.29) is 0 Å². The van der Waals surface area contributed by atoms with Crippen molar-refractivity contribution in [1.29, 1.82) is 0 Å². The molecule has 0 aliphatic heterocycles. The molecule has 2 nitrogen and oxygen atoms in total. The zero-order chi connectivity index (χ0) is 22.9. The summed E-state index contributed by atoms with van der Waals surface area (Å²) >= 11 is 0. The van der Waals surface area contributed by atoms with Crippen LogP contribution < -0.4 is 0 Å². The number of rotatable bonds is 12. The summed E-state index contributed by atoms with van der Waals surface area (Å²) in [7, 11) is 0. The van der Waals surface area contributed by atoms with Gasteiger partial charge in [0, 0.05) is 12.3 Å². The van der Waals surface area contributed by atoms with E-state index in [2.05, 4.69) is 54.7 Å². The number of aromatic nitrogens is 2. The molecule has 1 heterocycles. The third-order valence-corrected chi connectivity index (χ3v) is 7.06. The van der Waals surface area contributed by atoms with Crippen LogP contribution in [0.25, 0.3) is 0 Å². The highest BCUT2D eigenvalue weighted by Gasteiger charge is 2.19. The van der Waals surface area contributed by atoms with Gasteiger partial charge in [-0.1, -0.05) is 90.4 Å². The van der Waals surface area contributed by atoms with Gasteiger partial charge in [-0.05, 0) is 74.3 Å². The molecule has 1 unspecified atom stereocenters. The second-order valence-electron chi connectivity index (χ2n) is 9.75. The average molecular weight is 435 g/mol. The monoisotopic (exact) mass is 434 g/mol. The van der Waals surface area contributed by atoms with Gasteiger partial charge in [0.15, 0.2) is 0 Å². The van der Waals surface area contributed by atoms with Gasteiger partial charge < -0.3 is 0 Å². The van der Waals surface area contributed by atoms with Crippen molar-refractivity contribution in [2.75, 3.05) is 0 Å². The van der Waals surface area contributed by atoms with Gasteiger partial charge in [0.25, 0.3) is 0 Å². The number of hydrogen-bond acceptors (Lipinski definition) is 2. The molecule has 1 atom stereocenters. The number of hydrogen-bond donors (Lipinski definition) is 0. The highest BCUT2D eigenvalue weighted by molar-refractivity contribution is 5.32. The number of unbranched alkanes of at least 4 members (excludes halogenated alkanes) is 5. The van der Waals surface area contributed by atoms with E-state index in [1.165, 1.54) is 96.3 Å². The Morgan fingerprint density at radius 1 is 0.812 bits per heavy atom. The lowest BCUT2D eigenvalue weighted by Gasteiger charge is -2.25. The van der Waals surface area contributed by atoms with E-state index >= 15 is 0 Å². The van der Waals surface area contributed by atoms with Crippen molar-refractivity contribution in [2.45, 2.75) is 124 Å². The van der Waals surface area contributed by atoms with Crippen molar-refractivity contribution in [2.24, 2.45) is 17.8 Å². The maximum atomic E-state index is 4.28. The van der Waals surface area contributed by atoms with Crippen molar-refractivity contribution in [1.82, 2.24) is 10.2 Å². The molecule has 1 aliphatic rings. The first-order valence-corrected chi connectivity index (χ1v) is 13.6. The molecular formula is C30H46N2. The summed E-state index contributed by atoms with van der Waals surface area (Å²) in [5.41, 5.74) is 1.54. The van der Waals surface area contributed by atoms with Crippen LogP contribution in [0.2, 0.25) is 0 Å². The van der Waals surface area contributed by atoms with E-state index in [4.69, 9.17) is 0 Å². The lowest BCUT2D eigenvalue weighted by molar-refractivity contribution is 0.294. The lowest BCUT2D eigenvalue weighted by atomic mass is 9.80. The molecule has 32 heavy (non-hydrogen) atoms. The Kier molecular flexibility index (Phi) is 13.9. The van der Waals surface area contributed by atoms with Crippen LogP contribution in [-0.4, -0.2) is 10.2 Å². The largest absolute Gasteiger partial charge is 0.141 e. The maximum absolute atomic E-state index is 4.28. The fourth-order valence-electron chi connectivity index (χ4n) is 4.79. The zero-order valence-corrected chi connectivity index (χ0v) is 21.1. The molecule has 1 aliphatic carbocycles. The Hall–Kier alpha value is -1.80. The summed E-state index contributed by atoms with van der Waals surface area (Å²) in [4.78, 5) is 0. The fourth-order valence-corrected chi connectivity index (χ4v) is 4.79. The minimum atomic E-state index is 0.535. The molecular weight excluding hydrogens is 388 g/mol. The van der Waals surface area contributed by atoms with Crippen LogP contribution in [0.1, 0.15) is 135 Å². The molecule has 1 aromatic heterocycles. The lowest BCUT2D eigenvalue weighted by Crippen LogP contribution is -2.13. The summed E-state index contributed by atoms with van der Waals surface area (Å²) in [5.74, 6) is 15.5. The van der Waals surface area contributed by atoms with Crippen LogP contribution in [0.5, 0.6) is 0 Å². The normalized spacial score (nSPS) is 18.8. The van der Waals surface area contributed by atoms with Crippen molar-refractivity contribution < 1.29 is 0 Å². The Morgan fingerprint density at radius 2 is 1.47 bits per heavy atom. The predicted octanol–water partition coefficient (Wildman–Crippen LogP) is 8.34. The van der Waals surface area contributed by atoms with Gasteiger partial charge in [0.05, 0.1) is 0 Å². The first-order chi connectivity index (χ1) is 15.7. The predicted molar refractivity (Wildman–Crippen MR) is 137 cm³/mol. The van der Waals surface area contributed by atoms with E-state index in [1.54, 1.807) is 0 Å². The highest BCUT2D eigenvalue weighted by Crippen LogP contribution is 2.31. The maximum Gasteiger partial charge on any atom is 0.135 e. The van der Waals surface area contributed by atoms with Gasteiger partial charge in [-0.2, -0.15) is 0 Å².